The van der Waals surface area contributed by atoms with Crippen molar-refractivity contribution in [2.75, 3.05) is 0 Å². The SMILES string of the molecule is O=[N+]([O-])c1c(-c2ccc(F)cc2)nc2ncccn12. The fraction of sp³-hybridized carbons (Fsp3) is 0. The maximum Gasteiger partial charge on any atom is 0.357 e. The van der Waals surface area contributed by atoms with E-state index in [1.807, 2.05) is 0 Å². The Bertz CT molecular complexity index is 767. The molecule has 7 heteroatoms. The van der Waals surface area contributed by atoms with Crippen molar-refractivity contribution >= 4 is 11.6 Å². The largest absolute Gasteiger partial charge is 0.358 e. The summed E-state index contributed by atoms with van der Waals surface area (Å²) in [4.78, 5) is 18.7. The summed E-state index contributed by atoms with van der Waals surface area (Å²) in [6.07, 6.45) is 3.01. The van der Waals surface area contributed by atoms with E-state index in [4.69, 9.17) is 0 Å². The molecule has 0 radical (unpaired) electrons. The van der Waals surface area contributed by atoms with E-state index in [1.165, 1.54) is 41.1 Å². The zero-order valence-electron chi connectivity index (χ0n) is 9.52. The van der Waals surface area contributed by atoms with Gasteiger partial charge in [-0.05, 0) is 35.3 Å². The van der Waals surface area contributed by atoms with Crippen LogP contribution in [0.2, 0.25) is 0 Å². The highest BCUT2D eigenvalue weighted by Crippen LogP contribution is 2.29. The third kappa shape index (κ3) is 1.81. The van der Waals surface area contributed by atoms with Crippen LogP contribution in [0.25, 0.3) is 17.0 Å². The predicted molar refractivity (Wildman–Crippen MR) is 65.0 cm³/mol. The molecule has 0 aliphatic rings. The Morgan fingerprint density at radius 3 is 2.68 bits per heavy atom. The molecule has 3 aromatic rings. The van der Waals surface area contributed by atoms with Crippen LogP contribution in [-0.2, 0) is 0 Å². The Morgan fingerprint density at radius 2 is 2.00 bits per heavy atom. The topological polar surface area (TPSA) is 73.3 Å². The molecular weight excluding hydrogens is 251 g/mol. The lowest BCUT2D eigenvalue weighted by molar-refractivity contribution is -0.389. The van der Waals surface area contributed by atoms with Gasteiger partial charge < -0.3 is 10.1 Å². The van der Waals surface area contributed by atoms with Crippen LogP contribution in [0, 0.1) is 15.9 Å². The van der Waals surface area contributed by atoms with Crippen molar-refractivity contribution in [3.8, 4) is 11.3 Å². The van der Waals surface area contributed by atoms with Gasteiger partial charge in [0, 0.05) is 11.8 Å². The smallest absolute Gasteiger partial charge is 0.357 e. The van der Waals surface area contributed by atoms with E-state index >= 15 is 0 Å². The monoisotopic (exact) mass is 258 g/mol. The molecule has 0 bridgehead atoms. The second kappa shape index (κ2) is 4.13. The minimum atomic E-state index is -0.527. The highest BCUT2D eigenvalue weighted by Gasteiger charge is 2.24. The van der Waals surface area contributed by atoms with Gasteiger partial charge >= 0.3 is 11.6 Å². The summed E-state index contributed by atoms with van der Waals surface area (Å²) in [6.45, 7) is 0. The molecule has 94 valence electrons. The molecule has 2 aromatic heterocycles. The van der Waals surface area contributed by atoms with Gasteiger partial charge in [0.1, 0.15) is 12.0 Å². The molecule has 2 heterocycles. The first-order valence-electron chi connectivity index (χ1n) is 5.40. The van der Waals surface area contributed by atoms with Crippen LogP contribution in [0.1, 0.15) is 0 Å². The second-order valence-corrected chi connectivity index (χ2v) is 3.84. The zero-order valence-corrected chi connectivity index (χ0v) is 9.52. The number of rotatable bonds is 2. The van der Waals surface area contributed by atoms with Crippen LogP contribution in [-0.4, -0.2) is 19.3 Å². The molecule has 19 heavy (non-hydrogen) atoms. The van der Waals surface area contributed by atoms with Crippen molar-refractivity contribution < 1.29 is 9.31 Å². The van der Waals surface area contributed by atoms with Gasteiger partial charge in [0.15, 0.2) is 5.69 Å². The van der Waals surface area contributed by atoms with Crippen LogP contribution < -0.4 is 0 Å². The summed E-state index contributed by atoms with van der Waals surface area (Å²) in [5.74, 6) is -0.364. The van der Waals surface area contributed by atoms with Crippen LogP contribution >= 0.6 is 0 Å². The van der Waals surface area contributed by atoms with E-state index in [9.17, 15) is 14.5 Å². The number of halogens is 1. The summed E-state index contributed by atoms with van der Waals surface area (Å²) in [6, 6.07) is 6.94. The quantitative estimate of drug-likeness (QED) is 0.522. The minimum Gasteiger partial charge on any atom is -0.358 e. The van der Waals surface area contributed by atoms with E-state index in [2.05, 4.69) is 9.97 Å². The van der Waals surface area contributed by atoms with Crippen molar-refractivity contribution in [2.45, 2.75) is 0 Å². The van der Waals surface area contributed by atoms with Crippen LogP contribution in [0.3, 0.4) is 0 Å². The second-order valence-electron chi connectivity index (χ2n) is 3.84. The molecule has 1 aromatic carbocycles. The standard InChI is InChI=1S/C12H7FN4O2/c13-9-4-2-8(3-5-9)10-11(17(18)19)16-7-1-6-14-12(16)15-10/h1-7H. The highest BCUT2D eigenvalue weighted by molar-refractivity contribution is 5.71. The third-order valence-corrected chi connectivity index (χ3v) is 2.67. The molecule has 0 aliphatic carbocycles. The summed E-state index contributed by atoms with van der Waals surface area (Å²) in [7, 11) is 0. The van der Waals surface area contributed by atoms with Crippen molar-refractivity contribution in [1.29, 1.82) is 0 Å². The first-order valence-corrected chi connectivity index (χ1v) is 5.40. The first kappa shape index (κ1) is 11.3. The molecule has 0 aliphatic heterocycles. The van der Waals surface area contributed by atoms with Gasteiger partial charge in [-0.2, -0.15) is 14.4 Å². The van der Waals surface area contributed by atoms with Crippen molar-refractivity contribution in [2.24, 2.45) is 0 Å². The van der Waals surface area contributed by atoms with Crippen molar-refractivity contribution in [3.05, 3.63) is 58.7 Å². The van der Waals surface area contributed by atoms with E-state index in [0.29, 0.717) is 5.56 Å². The third-order valence-electron chi connectivity index (χ3n) is 2.67. The molecule has 0 amide bonds. The number of hydrogen-bond acceptors (Lipinski definition) is 4. The van der Waals surface area contributed by atoms with E-state index < -0.39 is 10.7 Å². The molecule has 0 fully saturated rings. The maximum atomic E-state index is 12.9. The molecule has 3 rings (SSSR count). The van der Waals surface area contributed by atoms with Gasteiger partial charge in [-0.1, -0.05) is 0 Å². The number of nitrogens with zero attached hydrogens (tertiary/aromatic N) is 4. The number of nitro groups is 1. The summed E-state index contributed by atoms with van der Waals surface area (Å²) >= 11 is 0. The van der Waals surface area contributed by atoms with E-state index in [-0.39, 0.29) is 17.3 Å². The van der Waals surface area contributed by atoms with E-state index in [0.717, 1.165) is 0 Å². The average Bonchev–Trinajstić information content (AvgIpc) is 2.78. The van der Waals surface area contributed by atoms with Gasteiger partial charge in [0.05, 0.1) is 0 Å². The Kier molecular flexibility index (Phi) is 2.45. The van der Waals surface area contributed by atoms with E-state index in [1.54, 1.807) is 6.07 Å². The molecule has 0 saturated carbocycles. The normalized spacial score (nSPS) is 10.8. The fourth-order valence-corrected chi connectivity index (χ4v) is 1.85. The number of fused-ring (bicyclic) bond motifs is 1. The minimum absolute atomic E-state index is 0.170. The predicted octanol–water partition coefficient (Wildman–Crippen LogP) is 2.44. The van der Waals surface area contributed by atoms with Crippen LogP contribution in [0.15, 0.2) is 42.7 Å². The lowest BCUT2D eigenvalue weighted by Gasteiger charge is -1.98. The van der Waals surface area contributed by atoms with Gasteiger partial charge in [-0.25, -0.2) is 4.39 Å². The van der Waals surface area contributed by atoms with Gasteiger partial charge in [-0.15, -0.1) is 0 Å². The molecule has 6 nitrogen and oxygen atoms in total. The number of benzene rings is 1. The lowest BCUT2D eigenvalue weighted by atomic mass is 10.1. The Morgan fingerprint density at radius 1 is 1.26 bits per heavy atom. The van der Waals surface area contributed by atoms with Crippen LogP contribution in [0.4, 0.5) is 10.2 Å². The Labute approximate surface area is 106 Å². The number of imidazole rings is 1. The maximum absolute atomic E-state index is 12.9. The molecular formula is C12H7FN4O2. The lowest BCUT2D eigenvalue weighted by Crippen LogP contribution is -1.96. The molecule has 0 spiro atoms. The molecule has 0 unspecified atom stereocenters. The molecule has 0 atom stereocenters. The first-order chi connectivity index (χ1) is 9.16. The Hall–Kier alpha value is -2.83. The van der Waals surface area contributed by atoms with Crippen LogP contribution in [0.5, 0.6) is 0 Å². The molecule has 0 N–H and O–H groups in total. The van der Waals surface area contributed by atoms with Crippen molar-refractivity contribution in [1.82, 2.24) is 14.4 Å². The highest BCUT2D eigenvalue weighted by atomic mass is 19.1. The average molecular weight is 258 g/mol. The zero-order chi connectivity index (χ0) is 13.4. The molecule has 0 saturated heterocycles. The fourth-order valence-electron chi connectivity index (χ4n) is 1.85. The Balaban J connectivity index is 2.31. The van der Waals surface area contributed by atoms with Crippen molar-refractivity contribution in [3.63, 3.8) is 0 Å². The summed E-state index contributed by atoms with van der Waals surface area (Å²) < 4.78 is 14.2. The number of hydrogen-bond donors (Lipinski definition) is 0. The summed E-state index contributed by atoms with van der Waals surface area (Å²) in [5.41, 5.74) is 0.641. The summed E-state index contributed by atoms with van der Waals surface area (Å²) in [5, 5.41) is 11.2. The van der Waals surface area contributed by atoms with Gasteiger partial charge in [0.2, 0.25) is 0 Å². The van der Waals surface area contributed by atoms with Gasteiger partial charge in [0.25, 0.3) is 0 Å². The number of aromatic nitrogens is 3. The van der Waals surface area contributed by atoms with Gasteiger partial charge in [-0.3, -0.25) is 0 Å².